The number of carbonyl (C=O) groups is 2. The average molecular weight is 272 g/mol. The van der Waals surface area contributed by atoms with E-state index in [9.17, 15) is 9.59 Å². The molecule has 106 valence electrons. The minimum absolute atomic E-state index is 0.0488. The quantitative estimate of drug-likeness (QED) is 0.844. The highest BCUT2D eigenvalue weighted by Crippen LogP contribution is 2.30. The molecule has 2 rings (SSSR count). The maximum Gasteiger partial charge on any atom is 0.259 e. The second-order valence-corrected chi connectivity index (χ2v) is 5.15. The highest BCUT2D eigenvalue weighted by atomic mass is 16.2. The van der Waals surface area contributed by atoms with Gasteiger partial charge in [0.1, 0.15) is 6.54 Å². The van der Waals surface area contributed by atoms with Crippen molar-refractivity contribution in [1.29, 1.82) is 0 Å². The van der Waals surface area contributed by atoms with E-state index in [1.807, 2.05) is 32.0 Å². The monoisotopic (exact) mass is 272 g/mol. The zero-order valence-corrected chi connectivity index (χ0v) is 12.2. The predicted molar refractivity (Wildman–Crippen MR) is 79.0 cm³/mol. The molecule has 0 saturated heterocycles. The number of benzene rings is 1. The van der Waals surface area contributed by atoms with Crippen LogP contribution in [0.4, 0.5) is 0 Å². The van der Waals surface area contributed by atoms with Crippen molar-refractivity contribution in [2.75, 3.05) is 13.6 Å². The fraction of sp³-hybridized carbons (Fsp3) is 0.375. The highest BCUT2D eigenvalue weighted by Gasteiger charge is 2.32. The van der Waals surface area contributed by atoms with Gasteiger partial charge in [0.25, 0.3) is 5.91 Å². The van der Waals surface area contributed by atoms with Crippen LogP contribution in [0.15, 0.2) is 30.8 Å². The van der Waals surface area contributed by atoms with E-state index in [1.165, 1.54) is 4.90 Å². The maximum atomic E-state index is 12.3. The topological polar surface area (TPSA) is 40.6 Å². The Kier molecular flexibility index (Phi) is 3.93. The van der Waals surface area contributed by atoms with Crippen molar-refractivity contribution >= 4 is 17.5 Å². The van der Waals surface area contributed by atoms with Gasteiger partial charge in [0, 0.05) is 29.9 Å². The zero-order chi connectivity index (χ0) is 14.9. The molecule has 0 spiro atoms. The lowest BCUT2D eigenvalue weighted by Gasteiger charge is -2.26. The molecule has 1 aliphatic rings. The minimum atomic E-state index is -0.142. The number of amides is 2. The Morgan fingerprint density at radius 1 is 1.35 bits per heavy atom. The van der Waals surface area contributed by atoms with E-state index in [4.69, 9.17) is 0 Å². The van der Waals surface area contributed by atoms with Crippen LogP contribution in [0.25, 0.3) is 5.70 Å². The summed E-state index contributed by atoms with van der Waals surface area (Å²) >= 11 is 0. The molecule has 1 atom stereocenters. The summed E-state index contributed by atoms with van der Waals surface area (Å²) in [6.07, 6.45) is 0.886. The zero-order valence-electron chi connectivity index (χ0n) is 12.2. The Hall–Kier alpha value is -2.10. The Morgan fingerprint density at radius 2 is 1.95 bits per heavy atom. The van der Waals surface area contributed by atoms with Crippen molar-refractivity contribution < 1.29 is 9.59 Å². The van der Waals surface area contributed by atoms with Crippen LogP contribution < -0.4 is 0 Å². The number of hydrogen-bond acceptors (Lipinski definition) is 2. The molecule has 1 aliphatic heterocycles. The number of rotatable bonds is 4. The van der Waals surface area contributed by atoms with Crippen LogP contribution in [-0.4, -0.2) is 41.2 Å². The lowest BCUT2D eigenvalue weighted by molar-refractivity contribution is -0.131. The molecule has 0 fully saturated rings. The number of hydrogen-bond donors (Lipinski definition) is 0. The number of fused-ring (bicyclic) bond motifs is 1. The molecule has 0 N–H and O–H groups in total. The van der Waals surface area contributed by atoms with Gasteiger partial charge in [-0.15, -0.1) is 0 Å². The van der Waals surface area contributed by atoms with E-state index in [0.717, 1.165) is 12.0 Å². The molecule has 1 heterocycles. The van der Waals surface area contributed by atoms with E-state index in [-0.39, 0.29) is 24.4 Å². The molecular formula is C16H20N2O2. The summed E-state index contributed by atoms with van der Waals surface area (Å²) < 4.78 is 0. The van der Waals surface area contributed by atoms with Crippen LogP contribution in [0.3, 0.4) is 0 Å². The van der Waals surface area contributed by atoms with Gasteiger partial charge in [-0.3, -0.25) is 14.5 Å². The molecular weight excluding hydrogens is 252 g/mol. The molecule has 1 aromatic rings. The second kappa shape index (κ2) is 5.49. The first kappa shape index (κ1) is 14.3. The number of likely N-dealkylation sites (N-methyl/N-ethyl adjacent to an activating group) is 1. The van der Waals surface area contributed by atoms with Gasteiger partial charge in [-0.25, -0.2) is 0 Å². The van der Waals surface area contributed by atoms with E-state index >= 15 is 0 Å². The Balaban J connectivity index is 2.15. The third-order valence-electron chi connectivity index (χ3n) is 3.98. The van der Waals surface area contributed by atoms with Crippen molar-refractivity contribution in [2.45, 2.75) is 26.3 Å². The van der Waals surface area contributed by atoms with Crippen molar-refractivity contribution in [1.82, 2.24) is 9.80 Å². The third-order valence-corrected chi connectivity index (χ3v) is 3.98. The first-order valence-electron chi connectivity index (χ1n) is 6.83. The standard InChI is InChI=1S/C16H20N2O2/c1-5-11(2)17(4)15(19)10-18-12(3)13-8-6-7-9-14(13)16(18)20/h6-9,11H,3,5,10H2,1-2,4H3. The highest BCUT2D eigenvalue weighted by molar-refractivity contribution is 6.10. The molecule has 4 nitrogen and oxygen atoms in total. The van der Waals surface area contributed by atoms with Gasteiger partial charge in [0.2, 0.25) is 5.91 Å². The predicted octanol–water partition coefficient (Wildman–Crippen LogP) is 2.37. The van der Waals surface area contributed by atoms with Crippen molar-refractivity contribution in [3.8, 4) is 0 Å². The van der Waals surface area contributed by atoms with Crippen molar-refractivity contribution in [2.24, 2.45) is 0 Å². The summed E-state index contributed by atoms with van der Waals surface area (Å²) in [5.41, 5.74) is 2.05. The van der Waals surface area contributed by atoms with Crippen LogP contribution in [0.1, 0.15) is 36.2 Å². The van der Waals surface area contributed by atoms with Crippen LogP contribution in [-0.2, 0) is 4.79 Å². The van der Waals surface area contributed by atoms with Gasteiger partial charge < -0.3 is 4.90 Å². The van der Waals surface area contributed by atoms with E-state index in [1.54, 1.807) is 18.0 Å². The van der Waals surface area contributed by atoms with Gasteiger partial charge >= 0.3 is 0 Å². The van der Waals surface area contributed by atoms with Gasteiger partial charge in [0.15, 0.2) is 0 Å². The van der Waals surface area contributed by atoms with Crippen LogP contribution in [0.2, 0.25) is 0 Å². The molecule has 0 bridgehead atoms. The first-order valence-corrected chi connectivity index (χ1v) is 6.83. The van der Waals surface area contributed by atoms with E-state index in [0.29, 0.717) is 11.3 Å². The molecule has 0 aromatic heterocycles. The van der Waals surface area contributed by atoms with E-state index < -0.39 is 0 Å². The second-order valence-electron chi connectivity index (χ2n) is 5.15. The SMILES string of the molecule is C=C1c2ccccc2C(=O)N1CC(=O)N(C)C(C)CC. The molecule has 4 heteroatoms. The van der Waals surface area contributed by atoms with Gasteiger partial charge in [-0.1, -0.05) is 31.7 Å². The summed E-state index contributed by atoms with van der Waals surface area (Å²) in [6, 6.07) is 7.48. The van der Waals surface area contributed by atoms with Crippen LogP contribution in [0, 0.1) is 0 Å². The fourth-order valence-corrected chi connectivity index (χ4v) is 2.27. The van der Waals surface area contributed by atoms with Crippen molar-refractivity contribution in [3.63, 3.8) is 0 Å². The van der Waals surface area contributed by atoms with E-state index in [2.05, 4.69) is 6.58 Å². The summed E-state index contributed by atoms with van der Waals surface area (Å²) in [5, 5.41) is 0. The average Bonchev–Trinajstić information content (AvgIpc) is 2.71. The Bertz CT molecular complexity index is 530. The first-order chi connectivity index (χ1) is 9.47. The van der Waals surface area contributed by atoms with Gasteiger partial charge in [-0.2, -0.15) is 0 Å². The Morgan fingerprint density at radius 3 is 2.50 bits per heavy atom. The lowest BCUT2D eigenvalue weighted by Crippen LogP contribution is -2.41. The van der Waals surface area contributed by atoms with Crippen LogP contribution in [0.5, 0.6) is 0 Å². The normalized spacial score (nSPS) is 15.2. The summed E-state index contributed by atoms with van der Waals surface area (Å²) in [5.74, 6) is -0.210. The lowest BCUT2D eigenvalue weighted by atomic mass is 10.1. The number of nitrogens with zero attached hydrogens (tertiary/aromatic N) is 2. The summed E-state index contributed by atoms with van der Waals surface area (Å²) in [4.78, 5) is 27.7. The molecule has 0 aliphatic carbocycles. The largest absolute Gasteiger partial charge is 0.342 e. The van der Waals surface area contributed by atoms with Gasteiger partial charge in [-0.05, 0) is 19.4 Å². The number of carbonyl (C=O) groups excluding carboxylic acids is 2. The molecule has 1 unspecified atom stereocenters. The van der Waals surface area contributed by atoms with Crippen LogP contribution >= 0.6 is 0 Å². The molecule has 20 heavy (non-hydrogen) atoms. The van der Waals surface area contributed by atoms with Gasteiger partial charge in [0.05, 0.1) is 0 Å². The fourth-order valence-electron chi connectivity index (χ4n) is 2.27. The smallest absolute Gasteiger partial charge is 0.259 e. The summed E-state index contributed by atoms with van der Waals surface area (Å²) in [7, 11) is 1.77. The maximum absolute atomic E-state index is 12.3. The summed E-state index contributed by atoms with van der Waals surface area (Å²) in [6.45, 7) is 8.01. The molecule has 1 aromatic carbocycles. The minimum Gasteiger partial charge on any atom is -0.342 e. The Labute approximate surface area is 119 Å². The third kappa shape index (κ3) is 2.33. The molecule has 0 radical (unpaired) electrons. The molecule has 2 amide bonds. The molecule has 0 saturated carbocycles. The van der Waals surface area contributed by atoms with Crippen molar-refractivity contribution in [3.05, 3.63) is 42.0 Å².